The van der Waals surface area contributed by atoms with Gasteiger partial charge in [-0.3, -0.25) is 9.59 Å². The third-order valence-electron chi connectivity index (χ3n) is 4.58. The van der Waals surface area contributed by atoms with Crippen molar-refractivity contribution in [3.05, 3.63) is 60.2 Å². The summed E-state index contributed by atoms with van der Waals surface area (Å²) in [6.45, 7) is 0.141. The van der Waals surface area contributed by atoms with Crippen LogP contribution >= 0.6 is 0 Å². The van der Waals surface area contributed by atoms with Crippen molar-refractivity contribution in [2.45, 2.75) is 38.1 Å². The summed E-state index contributed by atoms with van der Waals surface area (Å²) in [6, 6.07) is 16.9. The van der Waals surface area contributed by atoms with Gasteiger partial charge in [-0.25, -0.2) is 0 Å². The predicted molar refractivity (Wildman–Crippen MR) is 104 cm³/mol. The fraction of sp³-hybridized carbons (Fsp3) is 0.333. The van der Waals surface area contributed by atoms with Gasteiger partial charge in [-0.1, -0.05) is 43.5 Å². The first kappa shape index (κ1) is 18.0. The molecule has 5 heteroatoms. The van der Waals surface area contributed by atoms with E-state index in [1.807, 2.05) is 42.5 Å². The molecule has 1 aliphatic carbocycles. The maximum absolute atomic E-state index is 12.4. The van der Waals surface area contributed by atoms with E-state index in [2.05, 4.69) is 16.0 Å². The number of nitrogens with one attached hydrogen (secondary N) is 3. The van der Waals surface area contributed by atoms with Crippen LogP contribution in [0.5, 0.6) is 0 Å². The minimum atomic E-state index is -0.131. The Labute approximate surface area is 154 Å². The molecule has 0 saturated heterocycles. The van der Waals surface area contributed by atoms with E-state index in [1.54, 1.807) is 12.1 Å². The number of hydrogen-bond acceptors (Lipinski definition) is 3. The van der Waals surface area contributed by atoms with Gasteiger partial charge in [0.2, 0.25) is 5.91 Å². The lowest BCUT2D eigenvalue weighted by atomic mass is 9.95. The highest BCUT2D eigenvalue weighted by atomic mass is 16.2. The molecule has 0 aliphatic heterocycles. The Morgan fingerprint density at radius 2 is 1.62 bits per heavy atom. The molecule has 0 radical (unpaired) electrons. The van der Waals surface area contributed by atoms with Gasteiger partial charge in [0, 0.05) is 23.0 Å². The molecule has 5 nitrogen and oxygen atoms in total. The molecule has 26 heavy (non-hydrogen) atoms. The number of amides is 2. The second-order valence-corrected chi connectivity index (χ2v) is 6.66. The number of carbonyl (C=O) groups is 2. The molecule has 0 atom stereocenters. The van der Waals surface area contributed by atoms with Gasteiger partial charge in [0.05, 0.1) is 6.54 Å². The van der Waals surface area contributed by atoms with Crippen molar-refractivity contribution < 1.29 is 9.59 Å². The van der Waals surface area contributed by atoms with Gasteiger partial charge >= 0.3 is 0 Å². The molecule has 1 aliphatic rings. The summed E-state index contributed by atoms with van der Waals surface area (Å²) in [5.41, 5.74) is 2.13. The molecule has 0 aromatic heterocycles. The van der Waals surface area contributed by atoms with Crippen LogP contribution in [0, 0.1) is 0 Å². The highest BCUT2D eigenvalue weighted by Crippen LogP contribution is 2.18. The van der Waals surface area contributed by atoms with Gasteiger partial charge in [0.1, 0.15) is 0 Å². The third kappa shape index (κ3) is 5.34. The van der Waals surface area contributed by atoms with Crippen LogP contribution in [0.1, 0.15) is 42.5 Å². The number of hydrogen-bond donors (Lipinski definition) is 3. The summed E-state index contributed by atoms with van der Waals surface area (Å²) in [4.78, 5) is 24.4. The number of rotatable bonds is 6. The molecule has 0 unspecified atom stereocenters. The van der Waals surface area contributed by atoms with E-state index in [1.165, 1.54) is 19.3 Å². The van der Waals surface area contributed by atoms with E-state index in [0.29, 0.717) is 5.56 Å². The third-order valence-corrected chi connectivity index (χ3v) is 4.58. The lowest BCUT2D eigenvalue weighted by Crippen LogP contribution is -2.36. The Bertz CT molecular complexity index is 740. The van der Waals surface area contributed by atoms with Crippen LogP contribution in [0.3, 0.4) is 0 Å². The molecule has 2 aromatic rings. The smallest absolute Gasteiger partial charge is 0.251 e. The molecule has 0 heterocycles. The van der Waals surface area contributed by atoms with Crippen LogP contribution < -0.4 is 16.0 Å². The Kier molecular flexibility index (Phi) is 6.25. The Balaban J connectivity index is 1.51. The zero-order chi connectivity index (χ0) is 18.2. The van der Waals surface area contributed by atoms with Crippen LogP contribution in [0.4, 0.5) is 11.4 Å². The maximum Gasteiger partial charge on any atom is 0.251 e. The molecular weight excluding hydrogens is 326 g/mol. The van der Waals surface area contributed by atoms with Crippen molar-refractivity contribution in [3.8, 4) is 0 Å². The topological polar surface area (TPSA) is 70.2 Å². The van der Waals surface area contributed by atoms with E-state index in [4.69, 9.17) is 0 Å². The number of anilines is 2. The molecule has 136 valence electrons. The Hall–Kier alpha value is -2.82. The van der Waals surface area contributed by atoms with E-state index in [0.717, 1.165) is 24.2 Å². The number of para-hydroxylation sites is 1. The van der Waals surface area contributed by atoms with Gasteiger partial charge in [0.15, 0.2) is 0 Å². The minimum Gasteiger partial charge on any atom is -0.376 e. The normalized spacial score (nSPS) is 14.5. The molecule has 1 fully saturated rings. The van der Waals surface area contributed by atoms with Crippen molar-refractivity contribution >= 4 is 23.2 Å². The summed E-state index contributed by atoms with van der Waals surface area (Å²) in [5, 5.41) is 9.01. The van der Waals surface area contributed by atoms with Gasteiger partial charge in [-0.2, -0.15) is 0 Å². The second kappa shape index (κ2) is 9.04. The molecule has 2 aromatic carbocycles. The van der Waals surface area contributed by atoms with Crippen molar-refractivity contribution in [1.29, 1.82) is 0 Å². The zero-order valence-electron chi connectivity index (χ0n) is 14.8. The lowest BCUT2D eigenvalue weighted by molar-refractivity contribution is -0.114. The van der Waals surface area contributed by atoms with E-state index in [-0.39, 0.29) is 24.4 Å². The van der Waals surface area contributed by atoms with Crippen molar-refractivity contribution in [2.24, 2.45) is 0 Å². The summed E-state index contributed by atoms with van der Waals surface area (Å²) in [6.07, 6.45) is 5.75. The highest BCUT2D eigenvalue weighted by Gasteiger charge is 2.16. The summed E-state index contributed by atoms with van der Waals surface area (Å²) >= 11 is 0. The molecular formula is C21H25N3O2. The van der Waals surface area contributed by atoms with Crippen LogP contribution in [0.15, 0.2) is 54.6 Å². The SMILES string of the molecule is O=C(CNc1cccc(C(=O)NC2CCCCC2)c1)Nc1ccccc1. The van der Waals surface area contributed by atoms with E-state index < -0.39 is 0 Å². The lowest BCUT2D eigenvalue weighted by Gasteiger charge is -2.22. The van der Waals surface area contributed by atoms with Crippen molar-refractivity contribution in [2.75, 3.05) is 17.2 Å². The van der Waals surface area contributed by atoms with Gasteiger partial charge in [-0.05, 0) is 43.2 Å². The number of benzene rings is 2. The standard InChI is InChI=1S/C21H25N3O2/c25-20(23-17-9-3-1-4-10-17)15-22-19-13-7-8-16(14-19)21(26)24-18-11-5-2-6-12-18/h1,3-4,7-10,13-14,18,22H,2,5-6,11-12,15H2,(H,23,25)(H,24,26). The Morgan fingerprint density at radius 1 is 0.885 bits per heavy atom. The molecule has 0 spiro atoms. The molecule has 3 rings (SSSR count). The summed E-state index contributed by atoms with van der Waals surface area (Å²) in [7, 11) is 0. The van der Waals surface area contributed by atoms with E-state index >= 15 is 0 Å². The number of carbonyl (C=O) groups excluding carboxylic acids is 2. The average Bonchev–Trinajstić information content (AvgIpc) is 2.68. The first-order valence-corrected chi connectivity index (χ1v) is 9.20. The van der Waals surface area contributed by atoms with Gasteiger partial charge in [-0.15, -0.1) is 0 Å². The van der Waals surface area contributed by atoms with Gasteiger partial charge < -0.3 is 16.0 Å². The molecule has 0 bridgehead atoms. The largest absolute Gasteiger partial charge is 0.376 e. The summed E-state index contributed by atoms with van der Waals surface area (Å²) < 4.78 is 0. The van der Waals surface area contributed by atoms with E-state index in [9.17, 15) is 9.59 Å². The van der Waals surface area contributed by atoms with Crippen molar-refractivity contribution in [1.82, 2.24) is 5.32 Å². The average molecular weight is 351 g/mol. The monoisotopic (exact) mass is 351 g/mol. The molecule has 2 amide bonds. The molecule has 3 N–H and O–H groups in total. The minimum absolute atomic E-state index is 0.0470. The predicted octanol–water partition coefficient (Wildman–Crippen LogP) is 3.80. The van der Waals surface area contributed by atoms with Crippen LogP contribution in [0.25, 0.3) is 0 Å². The van der Waals surface area contributed by atoms with Crippen LogP contribution in [-0.2, 0) is 4.79 Å². The Morgan fingerprint density at radius 3 is 2.38 bits per heavy atom. The maximum atomic E-state index is 12.4. The second-order valence-electron chi connectivity index (χ2n) is 6.66. The quantitative estimate of drug-likeness (QED) is 0.741. The fourth-order valence-corrected chi connectivity index (χ4v) is 3.20. The highest BCUT2D eigenvalue weighted by molar-refractivity contribution is 5.96. The molecule has 1 saturated carbocycles. The first-order chi connectivity index (χ1) is 12.7. The van der Waals surface area contributed by atoms with Crippen LogP contribution in [-0.4, -0.2) is 24.4 Å². The fourth-order valence-electron chi connectivity index (χ4n) is 3.20. The first-order valence-electron chi connectivity index (χ1n) is 9.20. The zero-order valence-corrected chi connectivity index (χ0v) is 14.8. The van der Waals surface area contributed by atoms with Gasteiger partial charge in [0.25, 0.3) is 5.91 Å². The summed E-state index contributed by atoms with van der Waals surface area (Å²) in [5.74, 6) is -0.178. The van der Waals surface area contributed by atoms with Crippen molar-refractivity contribution in [3.63, 3.8) is 0 Å². The van der Waals surface area contributed by atoms with Crippen LogP contribution in [0.2, 0.25) is 0 Å².